The summed E-state index contributed by atoms with van der Waals surface area (Å²) in [7, 11) is 4.09. The lowest BCUT2D eigenvalue weighted by Gasteiger charge is -2.30. The number of nitrogens with zero attached hydrogens (tertiary/aromatic N) is 4. The molecule has 0 amide bonds. The second-order valence-corrected chi connectivity index (χ2v) is 10.5. The Labute approximate surface area is 233 Å². The molecule has 2 aromatic rings. The molecule has 0 bridgehead atoms. The van der Waals surface area contributed by atoms with Crippen molar-refractivity contribution in [2.45, 2.75) is 38.5 Å². The van der Waals surface area contributed by atoms with Gasteiger partial charge in [-0.1, -0.05) is 0 Å². The molecule has 2 fully saturated rings. The molecule has 0 spiro atoms. The number of piperidine rings is 2. The molecule has 2 heterocycles. The molecule has 2 aliphatic heterocycles. The molecular formula is C27H35ClN4O7. The predicted octanol–water partition coefficient (Wildman–Crippen LogP) is 5.27. The highest BCUT2D eigenvalue weighted by molar-refractivity contribution is 5.85. The highest BCUT2D eigenvalue weighted by atomic mass is 35.5. The van der Waals surface area contributed by atoms with Crippen molar-refractivity contribution < 1.29 is 24.1 Å². The van der Waals surface area contributed by atoms with Crippen LogP contribution in [-0.4, -0.2) is 66.1 Å². The zero-order valence-corrected chi connectivity index (χ0v) is 23.1. The van der Waals surface area contributed by atoms with Crippen LogP contribution < -0.4 is 9.47 Å². The fraction of sp³-hybridized carbons (Fsp3) is 0.519. The summed E-state index contributed by atoms with van der Waals surface area (Å²) >= 11 is 0. The first-order valence-corrected chi connectivity index (χ1v) is 13.0. The van der Waals surface area contributed by atoms with Crippen LogP contribution in [0.1, 0.15) is 36.8 Å². The Hall–Kier alpha value is -3.28. The number of ether oxygens (including phenoxy) is 2. The van der Waals surface area contributed by atoms with Gasteiger partial charge in [-0.05, 0) is 89.7 Å². The first kappa shape index (κ1) is 30.3. The van der Waals surface area contributed by atoms with E-state index in [1.165, 1.54) is 36.4 Å². The number of nitro benzene ring substituents is 2. The van der Waals surface area contributed by atoms with Crippen molar-refractivity contribution in [3.8, 4) is 11.5 Å². The lowest BCUT2D eigenvalue weighted by Crippen LogP contribution is -2.33. The van der Waals surface area contributed by atoms with E-state index in [9.17, 15) is 25.0 Å². The standard InChI is InChI=1S/C27H34N4O7.ClH/c1-28-11-3-5-19(17-28)13-21-15-23(30(33)34)7-9-25(21)37-27(32)38-26-10-8-24(31(35)36)16-22(26)14-20-6-4-12-29(2)18-20;/h7-10,15-16,19-20H,3-6,11-14,17-18H2,1-2H3;1H. The third-order valence-corrected chi connectivity index (χ3v) is 7.36. The Morgan fingerprint density at radius 1 is 0.821 bits per heavy atom. The normalized spacial score (nSPS) is 20.1. The molecule has 2 atom stereocenters. The third-order valence-electron chi connectivity index (χ3n) is 7.36. The van der Waals surface area contributed by atoms with Crippen molar-refractivity contribution in [3.05, 3.63) is 67.8 Å². The monoisotopic (exact) mass is 562 g/mol. The van der Waals surface area contributed by atoms with Gasteiger partial charge in [0, 0.05) is 48.5 Å². The Balaban J connectivity index is 0.00000420. The molecule has 0 aliphatic carbocycles. The molecule has 11 nitrogen and oxygen atoms in total. The molecular weight excluding hydrogens is 528 g/mol. The zero-order valence-electron chi connectivity index (χ0n) is 22.2. The summed E-state index contributed by atoms with van der Waals surface area (Å²) < 4.78 is 11.1. The number of rotatable bonds is 8. The van der Waals surface area contributed by atoms with Crippen molar-refractivity contribution >= 4 is 29.9 Å². The van der Waals surface area contributed by atoms with E-state index in [4.69, 9.17) is 9.47 Å². The lowest BCUT2D eigenvalue weighted by atomic mass is 9.91. The van der Waals surface area contributed by atoms with Crippen molar-refractivity contribution in [2.75, 3.05) is 40.3 Å². The van der Waals surface area contributed by atoms with E-state index in [2.05, 4.69) is 9.80 Å². The van der Waals surface area contributed by atoms with E-state index < -0.39 is 16.0 Å². The van der Waals surface area contributed by atoms with E-state index in [-0.39, 0.29) is 47.1 Å². The largest absolute Gasteiger partial charge is 0.519 e. The summed E-state index contributed by atoms with van der Waals surface area (Å²) in [4.78, 5) is 39.2. The van der Waals surface area contributed by atoms with Crippen LogP contribution in [0.5, 0.6) is 11.5 Å². The van der Waals surface area contributed by atoms with Gasteiger partial charge in [-0.15, -0.1) is 12.4 Å². The Kier molecular flexibility index (Phi) is 10.6. The minimum Gasteiger partial charge on any atom is -0.394 e. The number of benzene rings is 2. The first-order valence-electron chi connectivity index (χ1n) is 13.0. The quantitative estimate of drug-likeness (QED) is 0.183. The van der Waals surface area contributed by atoms with Crippen LogP contribution in [0.3, 0.4) is 0 Å². The molecule has 212 valence electrons. The van der Waals surface area contributed by atoms with Gasteiger partial charge >= 0.3 is 6.16 Å². The van der Waals surface area contributed by atoms with Crippen molar-refractivity contribution in [1.82, 2.24) is 9.80 Å². The summed E-state index contributed by atoms with van der Waals surface area (Å²) in [5, 5.41) is 22.8. The number of nitro groups is 2. The lowest BCUT2D eigenvalue weighted by molar-refractivity contribution is -0.385. The van der Waals surface area contributed by atoms with Gasteiger partial charge in [0.05, 0.1) is 9.85 Å². The molecule has 0 N–H and O–H groups in total. The number of hydrogen-bond donors (Lipinski definition) is 0. The maximum atomic E-state index is 12.9. The maximum Gasteiger partial charge on any atom is 0.519 e. The molecule has 0 aromatic heterocycles. The van der Waals surface area contributed by atoms with Crippen LogP contribution in [0, 0.1) is 32.1 Å². The van der Waals surface area contributed by atoms with Gasteiger partial charge in [0.25, 0.3) is 11.4 Å². The van der Waals surface area contributed by atoms with Gasteiger partial charge in [-0.2, -0.15) is 0 Å². The molecule has 2 aliphatic rings. The van der Waals surface area contributed by atoms with Crippen LogP contribution in [0.25, 0.3) is 0 Å². The summed E-state index contributed by atoms with van der Waals surface area (Å²) in [6.07, 6.45) is 4.12. The molecule has 2 saturated heterocycles. The van der Waals surface area contributed by atoms with Crippen LogP contribution in [0.15, 0.2) is 36.4 Å². The average Bonchev–Trinajstić information content (AvgIpc) is 2.86. The van der Waals surface area contributed by atoms with E-state index in [1.807, 2.05) is 14.1 Å². The third kappa shape index (κ3) is 8.35. The van der Waals surface area contributed by atoms with Crippen LogP contribution in [-0.2, 0) is 12.8 Å². The summed E-state index contributed by atoms with van der Waals surface area (Å²) in [5.41, 5.74) is 1.01. The number of carbonyl (C=O) groups is 1. The van der Waals surface area contributed by atoms with Crippen molar-refractivity contribution in [1.29, 1.82) is 0 Å². The van der Waals surface area contributed by atoms with E-state index >= 15 is 0 Å². The maximum absolute atomic E-state index is 12.9. The second kappa shape index (κ2) is 13.7. The minimum absolute atomic E-state index is 0. The van der Waals surface area contributed by atoms with Gasteiger partial charge in [0.2, 0.25) is 0 Å². The van der Waals surface area contributed by atoms with Crippen molar-refractivity contribution in [2.24, 2.45) is 11.8 Å². The molecule has 2 unspecified atom stereocenters. The number of hydrogen-bond acceptors (Lipinski definition) is 9. The Morgan fingerprint density at radius 2 is 1.23 bits per heavy atom. The SMILES string of the molecule is CN1CCCC(Cc2cc([N+](=O)[O-])ccc2OC(=O)Oc2ccc([N+](=O)[O-])cc2CC2CCCN(C)C2)C1.Cl. The van der Waals surface area contributed by atoms with Crippen LogP contribution >= 0.6 is 12.4 Å². The van der Waals surface area contributed by atoms with Gasteiger partial charge in [0.1, 0.15) is 11.5 Å². The summed E-state index contributed by atoms with van der Waals surface area (Å²) in [6, 6.07) is 8.36. The van der Waals surface area contributed by atoms with Gasteiger partial charge < -0.3 is 19.3 Å². The van der Waals surface area contributed by atoms with Gasteiger partial charge in [-0.25, -0.2) is 4.79 Å². The van der Waals surface area contributed by atoms with E-state index in [1.54, 1.807) is 0 Å². The number of carbonyl (C=O) groups excluding carboxylic acids is 1. The fourth-order valence-corrected chi connectivity index (χ4v) is 5.58. The molecule has 12 heteroatoms. The molecule has 39 heavy (non-hydrogen) atoms. The Morgan fingerprint density at radius 3 is 1.59 bits per heavy atom. The first-order chi connectivity index (χ1) is 18.2. The molecule has 2 aromatic carbocycles. The number of halogens is 1. The Bertz CT molecular complexity index is 1110. The second-order valence-electron chi connectivity index (χ2n) is 10.5. The molecule has 0 saturated carbocycles. The highest BCUT2D eigenvalue weighted by Crippen LogP contribution is 2.32. The average molecular weight is 563 g/mol. The predicted molar refractivity (Wildman–Crippen MR) is 148 cm³/mol. The summed E-state index contributed by atoms with van der Waals surface area (Å²) in [6.45, 7) is 3.73. The minimum atomic E-state index is -0.989. The van der Waals surface area contributed by atoms with E-state index in [0.29, 0.717) is 24.0 Å². The van der Waals surface area contributed by atoms with Crippen LogP contribution in [0.4, 0.5) is 16.2 Å². The van der Waals surface area contributed by atoms with Crippen molar-refractivity contribution in [3.63, 3.8) is 0 Å². The van der Waals surface area contributed by atoms with Gasteiger partial charge in [0.15, 0.2) is 0 Å². The topological polar surface area (TPSA) is 128 Å². The van der Waals surface area contributed by atoms with Crippen LogP contribution in [0.2, 0.25) is 0 Å². The summed E-state index contributed by atoms with van der Waals surface area (Å²) in [5.74, 6) is 0.991. The fourth-order valence-electron chi connectivity index (χ4n) is 5.58. The van der Waals surface area contributed by atoms with Gasteiger partial charge in [-0.3, -0.25) is 20.2 Å². The number of non-ortho nitro benzene ring substituents is 2. The zero-order chi connectivity index (χ0) is 27.2. The highest BCUT2D eigenvalue weighted by Gasteiger charge is 2.25. The molecule has 4 rings (SSSR count). The number of likely N-dealkylation sites (tertiary alicyclic amines) is 2. The molecule has 0 radical (unpaired) electrons. The smallest absolute Gasteiger partial charge is 0.394 e. The van der Waals surface area contributed by atoms with E-state index in [0.717, 1.165) is 51.9 Å².